The summed E-state index contributed by atoms with van der Waals surface area (Å²) in [5, 5.41) is 14.6. The molecule has 1 unspecified atom stereocenters. The van der Waals surface area contributed by atoms with Gasteiger partial charge in [-0.3, -0.25) is 0 Å². The van der Waals surface area contributed by atoms with Gasteiger partial charge in [0.1, 0.15) is 6.54 Å². The summed E-state index contributed by atoms with van der Waals surface area (Å²) in [6.07, 6.45) is 12.4. The maximum Gasteiger partial charge on any atom is 0.188 e. The zero-order valence-corrected chi connectivity index (χ0v) is 21.5. The third kappa shape index (κ3) is 4.66. The van der Waals surface area contributed by atoms with Gasteiger partial charge in [-0.1, -0.05) is 92.8 Å². The molecule has 3 aromatic rings. The SMILES string of the molecule is [O-][C@](c1ccccc1)(c1ncc(C[N+]23CCC(CC2)C(CCc2ccccc2)C3)o1)C1CCCCC1. The molecule has 2 bridgehead atoms. The number of aryl methyl sites for hydroxylation is 1. The molecule has 0 N–H and O–H groups in total. The summed E-state index contributed by atoms with van der Waals surface area (Å²) in [7, 11) is 0. The average Bonchev–Trinajstić information content (AvgIpc) is 3.42. The van der Waals surface area contributed by atoms with Crippen LogP contribution in [0.15, 0.2) is 71.3 Å². The normalized spacial score (nSPS) is 28.1. The van der Waals surface area contributed by atoms with Gasteiger partial charge in [-0.05, 0) is 41.4 Å². The molecule has 4 fully saturated rings. The number of quaternary nitrogens is 1. The van der Waals surface area contributed by atoms with E-state index in [9.17, 15) is 5.11 Å². The van der Waals surface area contributed by atoms with E-state index in [1.807, 2.05) is 36.5 Å². The highest BCUT2D eigenvalue weighted by atomic mass is 16.4. The molecule has 0 amide bonds. The van der Waals surface area contributed by atoms with Crippen molar-refractivity contribution in [2.75, 3.05) is 19.6 Å². The van der Waals surface area contributed by atoms with Crippen LogP contribution in [0.4, 0.5) is 0 Å². The molecule has 2 atom stereocenters. The Bertz CT molecular complexity index is 1110. The molecule has 7 rings (SSSR count). The van der Waals surface area contributed by atoms with Gasteiger partial charge in [-0.15, -0.1) is 0 Å². The molecule has 4 heterocycles. The van der Waals surface area contributed by atoms with Crippen LogP contribution in [0.5, 0.6) is 0 Å². The van der Waals surface area contributed by atoms with Crippen LogP contribution in [0, 0.1) is 17.8 Å². The second kappa shape index (κ2) is 10.1. The predicted molar refractivity (Wildman–Crippen MR) is 140 cm³/mol. The van der Waals surface area contributed by atoms with Crippen molar-refractivity contribution in [3.63, 3.8) is 0 Å². The molecule has 1 saturated carbocycles. The van der Waals surface area contributed by atoms with Crippen molar-refractivity contribution in [1.29, 1.82) is 0 Å². The lowest BCUT2D eigenvalue weighted by atomic mass is 9.73. The van der Waals surface area contributed by atoms with Gasteiger partial charge < -0.3 is 14.0 Å². The molecule has 1 aliphatic carbocycles. The zero-order chi connectivity index (χ0) is 24.4. The Kier molecular flexibility index (Phi) is 6.74. The van der Waals surface area contributed by atoms with Crippen LogP contribution in [0.3, 0.4) is 0 Å². The molecule has 0 spiro atoms. The molecule has 4 nitrogen and oxygen atoms in total. The number of hydrogen-bond donors (Lipinski definition) is 0. The molecule has 3 aliphatic heterocycles. The Hall–Kier alpha value is -2.43. The first-order chi connectivity index (χ1) is 17.6. The van der Waals surface area contributed by atoms with E-state index >= 15 is 0 Å². The quantitative estimate of drug-likeness (QED) is 0.377. The lowest BCUT2D eigenvalue weighted by molar-refractivity contribution is -0.960. The second-order valence-corrected chi connectivity index (χ2v) is 11.8. The molecule has 0 radical (unpaired) electrons. The molecule has 190 valence electrons. The van der Waals surface area contributed by atoms with E-state index in [0.717, 1.165) is 59.9 Å². The number of oxazole rings is 1. The summed E-state index contributed by atoms with van der Waals surface area (Å²) in [5.74, 6) is 2.98. The van der Waals surface area contributed by atoms with Gasteiger partial charge in [0, 0.05) is 18.8 Å². The van der Waals surface area contributed by atoms with E-state index in [-0.39, 0.29) is 5.92 Å². The minimum Gasteiger partial charge on any atom is -0.839 e. The molecule has 36 heavy (non-hydrogen) atoms. The van der Waals surface area contributed by atoms with Crippen LogP contribution in [0.1, 0.15) is 74.1 Å². The maximum atomic E-state index is 14.6. The minimum atomic E-state index is -1.40. The van der Waals surface area contributed by atoms with Crippen molar-refractivity contribution < 1.29 is 14.0 Å². The number of aromatic nitrogens is 1. The Labute approximate surface area is 216 Å². The van der Waals surface area contributed by atoms with Crippen LogP contribution in [0.2, 0.25) is 0 Å². The number of nitrogens with zero attached hydrogens (tertiary/aromatic N) is 2. The number of rotatable bonds is 8. The van der Waals surface area contributed by atoms with E-state index in [1.54, 1.807) is 0 Å². The largest absolute Gasteiger partial charge is 0.839 e. The van der Waals surface area contributed by atoms with Gasteiger partial charge >= 0.3 is 0 Å². The number of hydrogen-bond acceptors (Lipinski definition) is 3. The summed E-state index contributed by atoms with van der Waals surface area (Å²) >= 11 is 0. The van der Waals surface area contributed by atoms with Gasteiger partial charge in [0.05, 0.1) is 25.8 Å². The average molecular weight is 485 g/mol. The third-order valence-corrected chi connectivity index (χ3v) is 9.63. The Morgan fingerprint density at radius 1 is 0.889 bits per heavy atom. The fourth-order valence-electron chi connectivity index (χ4n) is 7.59. The summed E-state index contributed by atoms with van der Waals surface area (Å²) in [5.41, 5.74) is 0.862. The van der Waals surface area contributed by atoms with Crippen molar-refractivity contribution in [1.82, 2.24) is 4.98 Å². The van der Waals surface area contributed by atoms with E-state index in [1.165, 1.54) is 57.3 Å². The van der Waals surface area contributed by atoms with Gasteiger partial charge in [0.2, 0.25) is 0 Å². The Morgan fingerprint density at radius 3 is 2.31 bits per heavy atom. The zero-order valence-electron chi connectivity index (χ0n) is 21.5. The van der Waals surface area contributed by atoms with Gasteiger partial charge in [0.15, 0.2) is 11.7 Å². The van der Waals surface area contributed by atoms with Crippen molar-refractivity contribution in [2.24, 2.45) is 17.8 Å². The summed E-state index contributed by atoms with van der Waals surface area (Å²) in [6, 6.07) is 20.8. The van der Waals surface area contributed by atoms with Crippen molar-refractivity contribution in [2.45, 2.75) is 69.9 Å². The van der Waals surface area contributed by atoms with Crippen LogP contribution in [0.25, 0.3) is 0 Å². The molecule has 4 aliphatic rings. The minimum absolute atomic E-state index is 0.0419. The second-order valence-electron chi connectivity index (χ2n) is 11.8. The molecular weight excluding hydrogens is 444 g/mol. The third-order valence-electron chi connectivity index (χ3n) is 9.63. The van der Waals surface area contributed by atoms with Crippen molar-refractivity contribution >= 4 is 0 Å². The molecule has 4 heteroatoms. The number of fused-ring (bicyclic) bond motifs is 3. The number of benzene rings is 2. The van der Waals surface area contributed by atoms with Crippen molar-refractivity contribution in [3.8, 4) is 0 Å². The fraction of sp³-hybridized carbons (Fsp3) is 0.531. The van der Waals surface area contributed by atoms with Crippen LogP contribution >= 0.6 is 0 Å². The molecule has 3 saturated heterocycles. The first kappa shape index (κ1) is 23.9. The highest BCUT2D eigenvalue weighted by Crippen LogP contribution is 2.43. The number of piperidine rings is 3. The molecule has 2 aromatic carbocycles. The maximum absolute atomic E-state index is 14.6. The lowest BCUT2D eigenvalue weighted by Gasteiger charge is -2.52. The van der Waals surface area contributed by atoms with E-state index in [0.29, 0.717) is 5.89 Å². The van der Waals surface area contributed by atoms with Crippen LogP contribution in [-0.4, -0.2) is 29.1 Å². The van der Waals surface area contributed by atoms with Gasteiger partial charge in [0.25, 0.3) is 0 Å². The standard InChI is InChI=1S/C32H40N2O2/c35-32(28-12-6-2-7-13-28,29-14-8-3-9-15-29)31-33-22-30(36-31)24-34-20-18-26(19-21-34)27(23-34)17-16-25-10-4-1-5-11-25/h1-2,4-7,10-13,22,26-27,29H,3,8-9,14-21,23-24H2/t26?,27?,32-,34?/m0/s1. The summed E-state index contributed by atoms with van der Waals surface area (Å²) < 4.78 is 7.53. The monoisotopic (exact) mass is 484 g/mol. The van der Waals surface area contributed by atoms with Crippen LogP contribution in [-0.2, 0) is 18.6 Å². The van der Waals surface area contributed by atoms with E-state index in [2.05, 4.69) is 35.3 Å². The predicted octanol–water partition coefficient (Wildman–Crippen LogP) is 5.85. The van der Waals surface area contributed by atoms with Crippen LogP contribution < -0.4 is 5.11 Å². The van der Waals surface area contributed by atoms with E-state index < -0.39 is 5.60 Å². The van der Waals surface area contributed by atoms with E-state index in [4.69, 9.17) is 4.42 Å². The fourth-order valence-corrected chi connectivity index (χ4v) is 7.59. The Morgan fingerprint density at radius 2 is 1.58 bits per heavy atom. The van der Waals surface area contributed by atoms with Crippen molar-refractivity contribution in [3.05, 3.63) is 89.6 Å². The first-order valence-electron chi connectivity index (χ1n) is 14.2. The Balaban J connectivity index is 1.20. The smallest absolute Gasteiger partial charge is 0.188 e. The van der Waals surface area contributed by atoms with Gasteiger partial charge in [-0.25, -0.2) is 4.98 Å². The first-order valence-corrected chi connectivity index (χ1v) is 14.2. The van der Waals surface area contributed by atoms with Gasteiger partial charge in [-0.2, -0.15) is 0 Å². The summed E-state index contributed by atoms with van der Waals surface area (Å²) in [4.78, 5) is 4.69. The highest BCUT2D eigenvalue weighted by Gasteiger charge is 2.46. The topological polar surface area (TPSA) is 49.1 Å². The highest BCUT2D eigenvalue weighted by molar-refractivity contribution is 5.29. The summed E-state index contributed by atoms with van der Waals surface area (Å²) in [6.45, 7) is 4.56. The lowest BCUT2D eigenvalue weighted by Crippen LogP contribution is -2.61. The molecule has 1 aromatic heterocycles. The molecular formula is C32H40N2O2.